The van der Waals surface area contributed by atoms with Gasteiger partial charge in [0.1, 0.15) is 5.82 Å². The maximum absolute atomic E-state index is 13.3. The SMILES string of the molecule is Fc1cccc(-c2n[nH]c(=S)n2/N=C\[C@H]2CC=CCC2)c1. The highest BCUT2D eigenvalue weighted by Crippen LogP contribution is 2.19. The van der Waals surface area contributed by atoms with Crippen LogP contribution in [0.2, 0.25) is 0 Å². The molecule has 1 aromatic heterocycles. The summed E-state index contributed by atoms with van der Waals surface area (Å²) in [5.74, 6) is 0.614. The molecular formula is C15H15FN4S. The summed E-state index contributed by atoms with van der Waals surface area (Å²) >= 11 is 5.20. The lowest BCUT2D eigenvalue weighted by atomic mass is 9.96. The number of H-pyrrole nitrogens is 1. The smallest absolute Gasteiger partial charge is 0.216 e. The van der Waals surface area contributed by atoms with Crippen LogP contribution in [0.3, 0.4) is 0 Å². The second kappa shape index (κ2) is 6.13. The van der Waals surface area contributed by atoms with E-state index in [4.69, 9.17) is 12.2 Å². The van der Waals surface area contributed by atoms with Crippen LogP contribution in [-0.2, 0) is 0 Å². The van der Waals surface area contributed by atoms with Gasteiger partial charge in [-0.15, -0.1) is 0 Å². The number of allylic oxidation sites excluding steroid dienone is 2. The molecule has 108 valence electrons. The molecule has 0 aliphatic heterocycles. The van der Waals surface area contributed by atoms with Crippen LogP contribution in [0.5, 0.6) is 0 Å². The first-order valence-corrected chi connectivity index (χ1v) is 7.28. The van der Waals surface area contributed by atoms with Crippen molar-refractivity contribution in [3.8, 4) is 11.4 Å². The second-order valence-electron chi connectivity index (χ2n) is 4.98. The third-order valence-electron chi connectivity index (χ3n) is 3.44. The Hall–Kier alpha value is -2.08. The van der Waals surface area contributed by atoms with Crippen molar-refractivity contribution >= 4 is 18.4 Å². The zero-order valence-corrected chi connectivity index (χ0v) is 12.2. The summed E-state index contributed by atoms with van der Waals surface area (Å²) in [6, 6.07) is 6.23. The van der Waals surface area contributed by atoms with E-state index in [0.717, 1.165) is 19.3 Å². The summed E-state index contributed by atoms with van der Waals surface area (Å²) < 4.78 is 15.3. The van der Waals surface area contributed by atoms with Crippen LogP contribution < -0.4 is 0 Å². The number of nitrogens with zero attached hydrogens (tertiary/aromatic N) is 3. The summed E-state index contributed by atoms with van der Waals surface area (Å²) in [6.45, 7) is 0. The molecule has 1 aliphatic carbocycles. The molecule has 21 heavy (non-hydrogen) atoms. The number of nitrogens with one attached hydrogen (secondary N) is 1. The first-order chi connectivity index (χ1) is 10.2. The van der Waals surface area contributed by atoms with Gasteiger partial charge >= 0.3 is 0 Å². The van der Waals surface area contributed by atoms with E-state index in [1.54, 1.807) is 16.8 Å². The molecule has 0 spiro atoms. The molecule has 0 bridgehead atoms. The number of hydrogen-bond acceptors (Lipinski definition) is 3. The van der Waals surface area contributed by atoms with Crippen molar-refractivity contribution in [1.82, 2.24) is 14.9 Å². The van der Waals surface area contributed by atoms with E-state index < -0.39 is 0 Å². The van der Waals surface area contributed by atoms with Crippen LogP contribution in [-0.4, -0.2) is 21.1 Å². The van der Waals surface area contributed by atoms with E-state index in [1.807, 2.05) is 6.21 Å². The number of rotatable bonds is 3. The monoisotopic (exact) mass is 302 g/mol. The molecule has 0 saturated heterocycles. The Balaban J connectivity index is 1.92. The molecule has 1 heterocycles. The number of hydrogen-bond donors (Lipinski definition) is 1. The average Bonchev–Trinajstić information content (AvgIpc) is 2.87. The van der Waals surface area contributed by atoms with Gasteiger partial charge < -0.3 is 0 Å². The van der Waals surface area contributed by atoms with Crippen molar-refractivity contribution in [3.63, 3.8) is 0 Å². The van der Waals surface area contributed by atoms with Gasteiger partial charge in [0.15, 0.2) is 5.82 Å². The molecule has 1 aliphatic rings. The minimum atomic E-state index is -0.311. The van der Waals surface area contributed by atoms with Crippen LogP contribution in [0.4, 0.5) is 4.39 Å². The number of aromatic nitrogens is 3. The molecule has 2 aromatic rings. The summed E-state index contributed by atoms with van der Waals surface area (Å²) in [7, 11) is 0. The van der Waals surface area contributed by atoms with Crippen LogP contribution >= 0.6 is 12.2 Å². The van der Waals surface area contributed by atoms with Crippen LogP contribution in [0.15, 0.2) is 41.5 Å². The van der Waals surface area contributed by atoms with Gasteiger partial charge in [0, 0.05) is 11.8 Å². The zero-order chi connectivity index (χ0) is 14.7. The van der Waals surface area contributed by atoms with Gasteiger partial charge in [-0.05, 0) is 49.5 Å². The first kappa shape index (κ1) is 13.9. The number of halogens is 1. The molecule has 3 rings (SSSR count). The molecule has 1 atom stereocenters. The molecule has 1 aromatic carbocycles. The van der Waals surface area contributed by atoms with E-state index in [1.165, 1.54) is 12.1 Å². The van der Waals surface area contributed by atoms with Crippen molar-refractivity contribution in [2.24, 2.45) is 11.0 Å². The van der Waals surface area contributed by atoms with Crippen LogP contribution in [0.1, 0.15) is 19.3 Å². The lowest BCUT2D eigenvalue weighted by Gasteiger charge is -2.12. The van der Waals surface area contributed by atoms with Crippen molar-refractivity contribution in [2.45, 2.75) is 19.3 Å². The van der Waals surface area contributed by atoms with E-state index >= 15 is 0 Å². The Morgan fingerprint density at radius 3 is 3.10 bits per heavy atom. The maximum Gasteiger partial charge on any atom is 0.216 e. The summed E-state index contributed by atoms with van der Waals surface area (Å²) in [6.07, 6.45) is 9.40. The molecular weight excluding hydrogens is 287 g/mol. The van der Waals surface area contributed by atoms with Gasteiger partial charge in [-0.25, -0.2) is 9.49 Å². The molecule has 0 amide bonds. The third-order valence-corrected chi connectivity index (χ3v) is 3.70. The fraction of sp³-hybridized carbons (Fsp3) is 0.267. The second-order valence-corrected chi connectivity index (χ2v) is 5.37. The van der Waals surface area contributed by atoms with Crippen molar-refractivity contribution in [2.75, 3.05) is 0 Å². The van der Waals surface area contributed by atoms with E-state index in [2.05, 4.69) is 27.5 Å². The molecule has 0 radical (unpaired) electrons. The Labute approximate surface area is 127 Å². The normalized spacial score (nSPS) is 18.4. The predicted molar refractivity (Wildman–Crippen MR) is 83.2 cm³/mol. The molecule has 6 heteroatoms. The number of benzene rings is 1. The van der Waals surface area contributed by atoms with Crippen molar-refractivity contribution < 1.29 is 4.39 Å². The van der Waals surface area contributed by atoms with Gasteiger partial charge in [-0.1, -0.05) is 24.3 Å². The van der Waals surface area contributed by atoms with Crippen molar-refractivity contribution in [1.29, 1.82) is 0 Å². The first-order valence-electron chi connectivity index (χ1n) is 6.87. The number of aromatic amines is 1. The minimum absolute atomic E-state index is 0.311. The maximum atomic E-state index is 13.3. The fourth-order valence-corrected chi connectivity index (χ4v) is 2.51. The highest BCUT2D eigenvalue weighted by molar-refractivity contribution is 7.71. The van der Waals surface area contributed by atoms with Crippen molar-refractivity contribution in [3.05, 3.63) is 47.0 Å². The lowest BCUT2D eigenvalue weighted by molar-refractivity contribution is 0.621. The van der Waals surface area contributed by atoms with Gasteiger partial charge in [-0.2, -0.15) is 14.9 Å². The standard InChI is InChI=1S/C15H15FN4S/c16-13-8-4-7-12(9-13)14-18-19-15(21)20(14)17-10-11-5-2-1-3-6-11/h1-2,4,7-11H,3,5-6H2,(H,19,21)/b17-10-/t11-/m0/s1. The van der Waals surface area contributed by atoms with Gasteiger partial charge in [-0.3, -0.25) is 0 Å². The Bertz CT molecular complexity index is 744. The van der Waals surface area contributed by atoms with E-state index in [0.29, 0.717) is 22.1 Å². The van der Waals surface area contributed by atoms with E-state index in [-0.39, 0.29) is 5.82 Å². The van der Waals surface area contributed by atoms with Crippen LogP contribution in [0, 0.1) is 16.5 Å². The Morgan fingerprint density at radius 1 is 1.43 bits per heavy atom. The highest BCUT2D eigenvalue weighted by Gasteiger charge is 2.10. The summed E-state index contributed by atoms with van der Waals surface area (Å²) in [5, 5.41) is 11.3. The summed E-state index contributed by atoms with van der Waals surface area (Å²) in [5.41, 5.74) is 0.642. The third kappa shape index (κ3) is 3.16. The van der Waals surface area contributed by atoms with E-state index in [9.17, 15) is 4.39 Å². The zero-order valence-electron chi connectivity index (χ0n) is 11.4. The van der Waals surface area contributed by atoms with Gasteiger partial charge in [0.05, 0.1) is 0 Å². The Morgan fingerprint density at radius 2 is 2.33 bits per heavy atom. The molecule has 1 N–H and O–H groups in total. The van der Waals surface area contributed by atoms with Gasteiger partial charge in [0.2, 0.25) is 4.77 Å². The van der Waals surface area contributed by atoms with Gasteiger partial charge in [0.25, 0.3) is 0 Å². The lowest BCUT2D eigenvalue weighted by Crippen LogP contribution is -2.05. The molecule has 0 saturated carbocycles. The minimum Gasteiger partial charge on any atom is -0.250 e. The van der Waals surface area contributed by atoms with Crippen LogP contribution in [0.25, 0.3) is 11.4 Å². The Kier molecular flexibility index (Phi) is 4.06. The summed E-state index contributed by atoms with van der Waals surface area (Å²) in [4.78, 5) is 0. The topological polar surface area (TPSA) is 46.0 Å². The molecule has 4 nitrogen and oxygen atoms in total. The highest BCUT2D eigenvalue weighted by atomic mass is 32.1. The fourth-order valence-electron chi connectivity index (χ4n) is 2.33. The predicted octanol–water partition coefficient (Wildman–Crippen LogP) is 3.94. The average molecular weight is 302 g/mol. The quantitative estimate of drug-likeness (QED) is 0.530. The largest absolute Gasteiger partial charge is 0.250 e. The molecule has 0 unspecified atom stereocenters. The molecule has 0 fully saturated rings.